The van der Waals surface area contributed by atoms with E-state index in [2.05, 4.69) is 45.7 Å². The minimum absolute atomic E-state index is 0.740. The summed E-state index contributed by atoms with van der Waals surface area (Å²) in [4.78, 5) is 9.70. The highest BCUT2D eigenvalue weighted by Gasteiger charge is 2.34. The number of rotatable bonds is 4. The molecule has 22 heavy (non-hydrogen) atoms. The maximum atomic E-state index is 4.54. The van der Waals surface area contributed by atoms with Gasteiger partial charge in [0.05, 0.1) is 0 Å². The van der Waals surface area contributed by atoms with Gasteiger partial charge in [-0.15, -0.1) is 0 Å². The van der Waals surface area contributed by atoms with Crippen molar-refractivity contribution in [1.82, 2.24) is 15.1 Å². The number of likely N-dealkylation sites (tertiary alicyclic amines) is 1. The van der Waals surface area contributed by atoms with Crippen molar-refractivity contribution in [2.75, 3.05) is 45.5 Å². The van der Waals surface area contributed by atoms with E-state index in [1.165, 1.54) is 38.1 Å². The molecule has 0 aromatic heterocycles. The van der Waals surface area contributed by atoms with E-state index in [1.54, 1.807) is 0 Å². The van der Waals surface area contributed by atoms with Crippen LogP contribution in [0.4, 0.5) is 0 Å². The topological polar surface area (TPSA) is 30.9 Å². The number of aliphatic imine (C=N–C) groups is 1. The molecule has 1 aliphatic carbocycles. The molecule has 2 unspecified atom stereocenters. The van der Waals surface area contributed by atoms with Crippen LogP contribution in [0.15, 0.2) is 4.99 Å². The maximum absolute atomic E-state index is 4.54. The molecule has 3 fully saturated rings. The number of guanidine groups is 1. The molecule has 0 spiro atoms. The van der Waals surface area contributed by atoms with Gasteiger partial charge >= 0.3 is 0 Å². The van der Waals surface area contributed by atoms with Gasteiger partial charge in [0.1, 0.15) is 0 Å². The van der Waals surface area contributed by atoms with Crippen molar-refractivity contribution in [1.29, 1.82) is 0 Å². The van der Waals surface area contributed by atoms with Crippen molar-refractivity contribution in [3.05, 3.63) is 0 Å². The predicted octanol–water partition coefficient (Wildman–Crippen LogP) is 2.12. The lowest BCUT2D eigenvalue weighted by Crippen LogP contribution is -2.50. The lowest BCUT2D eigenvalue weighted by atomic mass is 10.1. The first-order valence-corrected chi connectivity index (χ1v) is 10.0. The average molecular weight is 325 g/mol. The van der Waals surface area contributed by atoms with Gasteiger partial charge in [0.25, 0.3) is 0 Å². The highest BCUT2D eigenvalue weighted by molar-refractivity contribution is 8.00. The fraction of sp³-hybridized carbons (Fsp3) is 0.941. The van der Waals surface area contributed by atoms with E-state index >= 15 is 0 Å². The summed E-state index contributed by atoms with van der Waals surface area (Å²) in [6, 6.07) is 0.926. The van der Waals surface area contributed by atoms with E-state index in [1.807, 2.05) is 7.05 Å². The fourth-order valence-electron chi connectivity index (χ4n) is 3.64. The lowest BCUT2D eigenvalue weighted by Gasteiger charge is -2.36. The standard InChI is InChI=1S/C17H32N4S/c1-13(2)16-12-21(8-9-22-16)17(18-3)19-10-14-6-7-20(11-14)15-4-5-15/h13-16H,4-12H2,1-3H3,(H,18,19). The highest BCUT2D eigenvalue weighted by Crippen LogP contribution is 2.31. The summed E-state index contributed by atoms with van der Waals surface area (Å²) in [6.45, 7) is 10.6. The summed E-state index contributed by atoms with van der Waals surface area (Å²) >= 11 is 2.13. The van der Waals surface area contributed by atoms with Crippen molar-refractivity contribution in [2.45, 2.75) is 44.4 Å². The summed E-state index contributed by atoms with van der Waals surface area (Å²) in [6.07, 6.45) is 4.22. The Morgan fingerprint density at radius 1 is 1.23 bits per heavy atom. The molecule has 2 aliphatic heterocycles. The average Bonchev–Trinajstić information content (AvgIpc) is 3.27. The van der Waals surface area contributed by atoms with Crippen LogP contribution < -0.4 is 5.32 Å². The third kappa shape index (κ3) is 4.10. The molecule has 2 atom stereocenters. The van der Waals surface area contributed by atoms with Gasteiger partial charge in [-0.25, -0.2) is 0 Å². The summed E-state index contributed by atoms with van der Waals surface area (Å²) in [5, 5.41) is 4.40. The number of nitrogens with zero attached hydrogens (tertiary/aromatic N) is 3. The van der Waals surface area contributed by atoms with Crippen LogP contribution in [0.2, 0.25) is 0 Å². The van der Waals surface area contributed by atoms with Gasteiger partial charge in [0, 0.05) is 50.3 Å². The molecule has 0 bridgehead atoms. The second-order valence-corrected chi connectivity index (χ2v) is 8.76. The van der Waals surface area contributed by atoms with Gasteiger partial charge in [-0.3, -0.25) is 4.99 Å². The molecule has 1 saturated carbocycles. The molecule has 3 aliphatic rings. The monoisotopic (exact) mass is 324 g/mol. The zero-order chi connectivity index (χ0) is 15.5. The predicted molar refractivity (Wildman–Crippen MR) is 96.7 cm³/mol. The molecular formula is C17H32N4S. The summed E-state index contributed by atoms with van der Waals surface area (Å²) in [5.41, 5.74) is 0. The third-order valence-electron chi connectivity index (χ3n) is 5.28. The first-order chi connectivity index (χ1) is 10.7. The van der Waals surface area contributed by atoms with Crippen molar-refractivity contribution >= 4 is 17.7 Å². The summed E-state index contributed by atoms with van der Waals surface area (Å²) < 4.78 is 0. The van der Waals surface area contributed by atoms with Gasteiger partial charge in [-0.2, -0.15) is 11.8 Å². The fourth-order valence-corrected chi connectivity index (χ4v) is 4.94. The highest BCUT2D eigenvalue weighted by atomic mass is 32.2. The zero-order valence-electron chi connectivity index (χ0n) is 14.4. The van der Waals surface area contributed by atoms with Gasteiger partial charge in [0.2, 0.25) is 0 Å². The first kappa shape index (κ1) is 16.4. The lowest BCUT2D eigenvalue weighted by molar-refractivity contribution is 0.312. The molecule has 126 valence electrons. The molecule has 0 radical (unpaired) electrons. The number of nitrogens with one attached hydrogen (secondary N) is 1. The Balaban J connectivity index is 1.45. The molecule has 2 heterocycles. The summed E-state index contributed by atoms with van der Waals surface area (Å²) in [7, 11) is 1.93. The smallest absolute Gasteiger partial charge is 0.193 e. The van der Waals surface area contributed by atoms with Crippen LogP contribution >= 0.6 is 11.8 Å². The van der Waals surface area contributed by atoms with Gasteiger partial charge in [-0.1, -0.05) is 13.8 Å². The normalized spacial score (nSPS) is 31.1. The molecule has 0 amide bonds. The van der Waals surface area contributed by atoms with E-state index in [4.69, 9.17) is 0 Å². The van der Waals surface area contributed by atoms with Crippen LogP contribution in [0.25, 0.3) is 0 Å². The van der Waals surface area contributed by atoms with Crippen molar-refractivity contribution < 1.29 is 0 Å². The Morgan fingerprint density at radius 2 is 2.05 bits per heavy atom. The Morgan fingerprint density at radius 3 is 2.73 bits per heavy atom. The van der Waals surface area contributed by atoms with Crippen LogP contribution in [0.3, 0.4) is 0 Å². The van der Waals surface area contributed by atoms with Crippen LogP contribution in [0.5, 0.6) is 0 Å². The van der Waals surface area contributed by atoms with Crippen LogP contribution in [0, 0.1) is 11.8 Å². The van der Waals surface area contributed by atoms with Crippen LogP contribution in [-0.2, 0) is 0 Å². The SMILES string of the molecule is CN=C(NCC1CCN(C2CC2)C1)N1CCSC(C(C)C)C1. The van der Waals surface area contributed by atoms with Crippen LogP contribution in [-0.4, -0.2) is 72.6 Å². The minimum atomic E-state index is 0.740. The zero-order valence-corrected chi connectivity index (χ0v) is 15.2. The second-order valence-electron chi connectivity index (χ2n) is 7.41. The molecule has 1 N–H and O–H groups in total. The van der Waals surface area contributed by atoms with E-state index in [9.17, 15) is 0 Å². The largest absolute Gasteiger partial charge is 0.356 e. The quantitative estimate of drug-likeness (QED) is 0.634. The number of thioether (sulfide) groups is 1. The van der Waals surface area contributed by atoms with E-state index in [0.717, 1.165) is 48.7 Å². The first-order valence-electron chi connectivity index (χ1n) is 8.98. The minimum Gasteiger partial charge on any atom is -0.356 e. The van der Waals surface area contributed by atoms with Gasteiger partial charge < -0.3 is 15.1 Å². The second kappa shape index (κ2) is 7.43. The molecular weight excluding hydrogens is 292 g/mol. The van der Waals surface area contributed by atoms with Crippen molar-refractivity contribution in [3.8, 4) is 0 Å². The van der Waals surface area contributed by atoms with Gasteiger partial charge in [0.15, 0.2) is 5.96 Å². The van der Waals surface area contributed by atoms with E-state index in [-0.39, 0.29) is 0 Å². The maximum Gasteiger partial charge on any atom is 0.193 e. The molecule has 4 nitrogen and oxygen atoms in total. The molecule has 2 saturated heterocycles. The van der Waals surface area contributed by atoms with Crippen LogP contribution in [0.1, 0.15) is 33.1 Å². The Kier molecular flexibility index (Phi) is 5.55. The van der Waals surface area contributed by atoms with E-state index in [0.29, 0.717) is 0 Å². The number of hydrogen-bond acceptors (Lipinski definition) is 3. The van der Waals surface area contributed by atoms with Crippen molar-refractivity contribution in [2.24, 2.45) is 16.8 Å². The molecule has 5 heteroatoms. The summed E-state index contributed by atoms with van der Waals surface area (Å²) in [5.74, 6) is 3.89. The molecule has 3 rings (SSSR count). The van der Waals surface area contributed by atoms with Crippen molar-refractivity contribution in [3.63, 3.8) is 0 Å². The molecule has 0 aromatic carbocycles. The van der Waals surface area contributed by atoms with Gasteiger partial charge in [-0.05, 0) is 37.6 Å². The Bertz CT molecular complexity index is 394. The third-order valence-corrected chi connectivity index (χ3v) is 6.82. The van der Waals surface area contributed by atoms with E-state index < -0.39 is 0 Å². The Labute approximate surface area is 140 Å². The Hall–Kier alpha value is -0.420. The molecule has 0 aromatic rings. The number of hydrogen-bond donors (Lipinski definition) is 1.